The van der Waals surface area contributed by atoms with Crippen molar-refractivity contribution in [2.24, 2.45) is 5.92 Å². The van der Waals surface area contributed by atoms with Crippen molar-refractivity contribution in [3.63, 3.8) is 0 Å². The van der Waals surface area contributed by atoms with Crippen LogP contribution in [0.25, 0.3) is 5.57 Å². The maximum atomic E-state index is 13.8. The molecule has 0 aliphatic carbocycles. The number of cyclic esters (lactones) is 1. The number of rotatable bonds is 18. The number of methoxy groups -OCH3 is 1. The lowest BCUT2D eigenvalue weighted by atomic mass is 9.88. The van der Waals surface area contributed by atoms with Crippen molar-refractivity contribution < 1.29 is 52.8 Å². The van der Waals surface area contributed by atoms with E-state index in [4.69, 9.17) is 28.8 Å². The quantitative estimate of drug-likeness (QED) is 0.146. The molecule has 12 nitrogen and oxygen atoms in total. The third-order valence-electron chi connectivity index (χ3n) is 6.97. The highest BCUT2D eigenvalue weighted by Crippen LogP contribution is 2.35. The zero-order chi connectivity index (χ0) is 33.0. The van der Waals surface area contributed by atoms with Gasteiger partial charge in [-0.15, -0.1) is 0 Å². The number of ketones is 2. The predicted molar refractivity (Wildman–Crippen MR) is 160 cm³/mol. The van der Waals surface area contributed by atoms with Gasteiger partial charge in [-0.1, -0.05) is 43.7 Å². The topological polar surface area (TPSA) is 155 Å². The average Bonchev–Trinajstić information content (AvgIpc) is 3.20. The Balaban J connectivity index is 2.38. The van der Waals surface area contributed by atoms with Crippen LogP contribution in [-0.4, -0.2) is 104 Å². The molecular formula is C32H45NO11. The minimum Gasteiger partial charge on any atom is -0.451 e. The molecular weight excluding hydrogens is 574 g/mol. The summed E-state index contributed by atoms with van der Waals surface area (Å²) in [5.41, 5.74) is 0.358. The van der Waals surface area contributed by atoms with Crippen LogP contribution < -0.4 is 0 Å². The summed E-state index contributed by atoms with van der Waals surface area (Å²) in [6.07, 6.45) is -2.93. The summed E-state index contributed by atoms with van der Waals surface area (Å²) in [5.74, 6) is -3.20. The van der Waals surface area contributed by atoms with E-state index in [-0.39, 0.29) is 43.5 Å². The van der Waals surface area contributed by atoms with Crippen LogP contribution in [-0.2, 0) is 42.9 Å². The lowest BCUT2D eigenvalue weighted by Gasteiger charge is -2.33. The Kier molecular flexibility index (Phi) is 14.3. The molecule has 1 saturated heterocycles. The van der Waals surface area contributed by atoms with Gasteiger partial charge < -0.3 is 28.8 Å². The Labute approximate surface area is 258 Å². The van der Waals surface area contributed by atoms with E-state index in [0.29, 0.717) is 25.2 Å². The maximum absolute atomic E-state index is 13.8. The summed E-state index contributed by atoms with van der Waals surface area (Å²) < 4.78 is 26.8. The molecule has 0 bridgehead atoms. The molecule has 244 valence electrons. The summed E-state index contributed by atoms with van der Waals surface area (Å²) in [4.78, 5) is 66.8. The smallest absolute Gasteiger partial charge is 0.417 e. The summed E-state index contributed by atoms with van der Waals surface area (Å²) in [6, 6.07) is 6.30. The first-order chi connectivity index (χ1) is 20.7. The second-order valence-corrected chi connectivity index (χ2v) is 11.4. The number of allylic oxidation sites excluding steroid dienone is 1. The first kappa shape index (κ1) is 36.7. The van der Waals surface area contributed by atoms with Gasteiger partial charge in [-0.25, -0.2) is 9.69 Å². The van der Waals surface area contributed by atoms with Crippen LogP contribution in [0.5, 0.6) is 0 Å². The number of imide groups is 1. The Morgan fingerprint density at radius 2 is 1.73 bits per heavy atom. The number of hydrogen-bond donors (Lipinski definition) is 1. The molecule has 1 heterocycles. The first-order valence-electron chi connectivity index (χ1n) is 14.6. The fourth-order valence-corrected chi connectivity index (χ4v) is 5.24. The van der Waals surface area contributed by atoms with Crippen LogP contribution in [0.2, 0.25) is 0 Å². The van der Waals surface area contributed by atoms with E-state index >= 15 is 0 Å². The van der Waals surface area contributed by atoms with Gasteiger partial charge in [0.1, 0.15) is 5.60 Å². The Hall–Kier alpha value is -3.45. The van der Waals surface area contributed by atoms with Crippen LogP contribution in [0.1, 0.15) is 58.6 Å². The highest BCUT2D eigenvalue weighted by Gasteiger charge is 2.54. The van der Waals surface area contributed by atoms with Crippen LogP contribution in [0.4, 0.5) is 4.79 Å². The van der Waals surface area contributed by atoms with Crippen molar-refractivity contribution in [3.8, 4) is 0 Å². The van der Waals surface area contributed by atoms with Crippen LogP contribution in [0.15, 0.2) is 30.3 Å². The van der Waals surface area contributed by atoms with E-state index < -0.39 is 47.6 Å². The predicted octanol–water partition coefficient (Wildman–Crippen LogP) is 3.05. The maximum Gasteiger partial charge on any atom is 0.417 e. The normalized spacial score (nSPS) is 17.8. The van der Waals surface area contributed by atoms with E-state index in [2.05, 4.69) is 0 Å². The van der Waals surface area contributed by atoms with Crippen molar-refractivity contribution in [2.75, 3.05) is 40.1 Å². The van der Waals surface area contributed by atoms with Crippen molar-refractivity contribution >= 4 is 35.1 Å². The molecule has 3 unspecified atom stereocenters. The molecule has 1 aliphatic heterocycles. The van der Waals surface area contributed by atoms with E-state index in [1.54, 1.807) is 32.0 Å². The molecule has 1 N–H and O–H groups in total. The molecule has 0 aromatic heterocycles. The number of esters is 1. The third kappa shape index (κ3) is 10.0. The van der Waals surface area contributed by atoms with Gasteiger partial charge in [-0.05, 0) is 44.7 Å². The fourth-order valence-electron chi connectivity index (χ4n) is 5.24. The summed E-state index contributed by atoms with van der Waals surface area (Å²) in [5, 5.41) is 8.75. The number of carbonyl (C=O) groups excluding carboxylic acids is 5. The first-order valence-corrected chi connectivity index (χ1v) is 14.6. The lowest BCUT2D eigenvalue weighted by molar-refractivity contribution is -0.166. The lowest BCUT2D eigenvalue weighted by Crippen LogP contribution is -2.55. The van der Waals surface area contributed by atoms with Gasteiger partial charge in [0.2, 0.25) is 0 Å². The molecule has 0 spiro atoms. The number of Topliss-reactive ketones (excluding diaryl/α,β-unsaturated/α-hetero) is 1. The molecule has 2 amide bonds. The number of hydrogen-bond acceptors (Lipinski definition) is 11. The number of aliphatic hydroxyl groups is 1. The highest BCUT2D eigenvalue weighted by molar-refractivity contribution is 6.25. The summed E-state index contributed by atoms with van der Waals surface area (Å²) in [6.45, 7) is 10.9. The van der Waals surface area contributed by atoms with Gasteiger partial charge in [0.05, 0.1) is 32.5 Å². The molecule has 0 radical (unpaired) electrons. The SMILES string of the molecule is COC(C(=O)N1C(=O)OC(C)(C)C1C(C)C)C(OC(C)=O)C(=O)C=C(C(=O)CCCOCCOCCO)c1cccc(C)c1. The van der Waals surface area contributed by atoms with Gasteiger partial charge in [0.25, 0.3) is 5.91 Å². The number of aryl methyl sites for hydroxylation is 1. The second kappa shape index (κ2) is 17.1. The molecule has 3 atom stereocenters. The number of aliphatic hydroxyl groups excluding tert-OH is 1. The largest absolute Gasteiger partial charge is 0.451 e. The molecule has 1 fully saturated rings. The molecule has 0 saturated carbocycles. The van der Waals surface area contributed by atoms with Gasteiger partial charge in [0.15, 0.2) is 23.8 Å². The molecule has 44 heavy (non-hydrogen) atoms. The summed E-state index contributed by atoms with van der Waals surface area (Å²) in [7, 11) is 1.16. The van der Waals surface area contributed by atoms with Crippen LogP contribution in [0, 0.1) is 12.8 Å². The minimum absolute atomic E-state index is 0.0419. The zero-order valence-electron chi connectivity index (χ0n) is 26.6. The molecule has 2 rings (SSSR count). The fraction of sp³-hybridized carbons (Fsp3) is 0.594. The second-order valence-electron chi connectivity index (χ2n) is 11.4. The number of carbonyl (C=O) groups is 5. The number of benzene rings is 1. The monoisotopic (exact) mass is 619 g/mol. The average molecular weight is 620 g/mol. The summed E-state index contributed by atoms with van der Waals surface area (Å²) >= 11 is 0. The number of amides is 2. The van der Waals surface area contributed by atoms with Crippen molar-refractivity contribution in [3.05, 3.63) is 41.5 Å². The Morgan fingerprint density at radius 3 is 2.30 bits per heavy atom. The number of ether oxygens (including phenoxy) is 5. The van der Waals surface area contributed by atoms with Crippen LogP contribution >= 0.6 is 0 Å². The van der Waals surface area contributed by atoms with Gasteiger partial charge in [-0.2, -0.15) is 0 Å². The molecule has 12 heteroatoms. The van der Waals surface area contributed by atoms with Gasteiger partial charge in [-0.3, -0.25) is 19.2 Å². The zero-order valence-corrected chi connectivity index (χ0v) is 26.6. The van der Waals surface area contributed by atoms with E-state index in [9.17, 15) is 24.0 Å². The van der Waals surface area contributed by atoms with Crippen molar-refractivity contribution in [2.45, 2.75) is 78.2 Å². The van der Waals surface area contributed by atoms with Crippen molar-refractivity contribution in [1.82, 2.24) is 4.90 Å². The highest BCUT2D eigenvalue weighted by atomic mass is 16.6. The molecule has 1 aromatic rings. The number of nitrogens with zero attached hydrogens (tertiary/aromatic N) is 1. The van der Waals surface area contributed by atoms with Gasteiger partial charge in [0, 0.05) is 32.6 Å². The third-order valence-corrected chi connectivity index (χ3v) is 6.97. The van der Waals surface area contributed by atoms with Crippen LogP contribution in [0.3, 0.4) is 0 Å². The van der Waals surface area contributed by atoms with E-state index in [1.165, 1.54) is 0 Å². The molecule has 1 aromatic carbocycles. The standard InChI is InChI=1S/C32H45NO11/c1-20(2)29-32(5,6)44-31(39)33(29)30(38)28(40-7)27(43-22(4)35)26(37)19-24(23-11-8-10-21(3)18-23)25(36)12-9-14-41-16-17-42-15-13-34/h8,10-11,18-20,27-29,34H,9,12-17H2,1-7H3. The van der Waals surface area contributed by atoms with Gasteiger partial charge >= 0.3 is 12.1 Å². The Bertz CT molecular complexity index is 1210. The molecule has 1 aliphatic rings. The Morgan fingerprint density at radius 1 is 1.07 bits per heavy atom. The van der Waals surface area contributed by atoms with E-state index in [0.717, 1.165) is 30.6 Å². The minimum atomic E-state index is -1.79. The van der Waals surface area contributed by atoms with E-state index in [1.807, 2.05) is 26.8 Å². The van der Waals surface area contributed by atoms with Crippen molar-refractivity contribution in [1.29, 1.82) is 0 Å².